The Bertz CT molecular complexity index is 5520. The molecular weight excluding hydrogens is 1330 g/mol. The molecule has 0 unspecified atom stereocenters. The highest BCUT2D eigenvalue weighted by atomic mass is 14.4. The molecule has 0 aromatic heterocycles. The molecule has 0 saturated heterocycles. The minimum absolute atomic E-state index is 0.160. The van der Waals surface area contributed by atoms with Gasteiger partial charge in [-0.05, 0) is 174 Å². The van der Waals surface area contributed by atoms with Gasteiger partial charge in [-0.1, -0.05) is 476 Å². The van der Waals surface area contributed by atoms with Gasteiger partial charge in [0, 0.05) is 16.2 Å². The van der Waals surface area contributed by atoms with Crippen molar-refractivity contribution in [2.45, 2.75) is 141 Å². The van der Waals surface area contributed by atoms with Gasteiger partial charge >= 0.3 is 0 Å². The van der Waals surface area contributed by atoms with Crippen LogP contribution in [0.2, 0.25) is 0 Å². The summed E-state index contributed by atoms with van der Waals surface area (Å²) in [6.45, 7) is 37.8. The van der Waals surface area contributed by atoms with Gasteiger partial charge in [-0.25, -0.2) is 0 Å². The summed E-state index contributed by atoms with van der Waals surface area (Å²) in [5.74, 6) is 0. The second-order valence-corrected chi connectivity index (χ2v) is 28.5. The first-order chi connectivity index (χ1) is 54.4. The first-order valence-corrected chi connectivity index (χ1v) is 41.0. The fourth-order valence-electron chi connectivity index (χ4n) is 17.0. The SMILES string of the molecule is CC.CC.CC.CC.CC.CC.CC1(C)c2ccccc2-c2ccccc21.CC1(C)c2ccccc2-c2ccccc21.CC1(C)c2ccccc2-c2ccccc21.c1cc2ccc3cccc4ccc(c1)c2c34.c1cc2cccc3c4cccc5cccc(c(c1)c23)c54.c1ccc2c(c1)ccc1c3ccccc3ccc21. The van der Waals surface area contributed by atoms with Gasteiger partial charge in [-0.3, -0.25) is 0 Å². The molecule has 19 aromatic rings. The Hall–Kier alpha value is -11.7. The average molecular weight is 1450 g/mol. The van der Waals surface area contributed by atoms with E-state index in [9.17, 15) is 0 Å². The third kappa shape index (κ3) is 15.3. The molecule has 0 heteroatoms. The fraction of sp³-hybridized carbons (Fsp3) is 0.189. The summed E-state index contributed by atoms with van der Waals surface area (Å²) in [7, 11) is 0. The second kappa shape index (κ2) is 36.2. The number of fused-ring (bicyclic) bond motifs is 16. The van der Waals surface area contributed by atoms with Crippen molar-refractivity contribution in [1.29, 1.82) is 0 Å². The van der Waals surface area contributed by atoms with E-state index in [4.69, 9.17) is 0 Å². The molecule has 0 heterocycles. The third-order valence-electron chi connectivity index (χ3n) is 21.9. The maximum absolute atomic E-state index is 2.30. The standard InChI is InChI=1S/C20H12.C18H12.C16H10.3C15H14.6C2H6/c1-5-13-6-2-11-17-18-12-4-8-14-7-3-10-16(20(14)18)15(9-1)19(13)17;1-3-7-15-13(5-1)9-11-18-16-8-4-2-6-14(16)10-12-17(15)18;1-3-11-7-9-13-5-2-6-14-10-8-12(4-1)15(11)16(13)14;3*1-15(2)13-9-5-3-7-11(13)12-8-4-6-10-14(12)15;6*1-2/h1-12H;1-12H;1-10H;3*3-10H,1-2H3;6*1-2H3. The van der Waals surface area contributed by atoms with Gasteiger partial charge in [0.1, 0.15) is 0 Å². The molecule has 0 aliphatic heterocycles. The van der Waals surface area contributed by atoms with Crippen LogP contribution >= 0.6 is 0 Å². The molecule has 19 aromatic carbocycles. The molecule has 0 fully saturated rings. The summed E-state index contributed by atoms with van der Waals surface area (Å²) in [6, 6.07) is 127. The Morgan fingerprint density at radius 2 is 0.288 bits per heavy atom. The van der Waals surface area contributed by atoms with Crippen LogP contribution < -0.4 is 0 Å². The van der Waals surface area contributed by atoms with E-state index in [1.165, 1.54) is 174 Å². The van der Waals surface area contributed by atoms with Gasteiger partial charge in [0.15, 0.2) is 0 Å². The van der Waals surface area contributed by atoms with Crippen molar-refractivity contribution in [3.05, 3.63) is 385 Å². The van der Waals surface area contributed by atoms with E-state index >= 15 is 0 Å². The summed E-state index contributed by atoms with van der Waals surface area (Å²) >= 11 is 0. The van der Waals surface area contributed by atoms with Crippen molar-refractivity contribution in [1.82, 2.24) is 0 Å². The summed E-state index contributed by atoms with van der Waals surface area (Å²) in [6.07, 6.45) is 0. The zero-order chi connectivity index (χ0) is 79.0. The largest absolute Gasteiger partial charge is 0.0683 e. The Morgan fingerprint density at radius 1 is 0.126 bits per heavy atom. The van der Waals surface area contributed by atoms with Crippen LogP contribution in [0.25, 0.3) is 141 Å². The van der Waals surface area contributed by atoms with Crippen LogP contribution in [0.3, 0.4) is 0 Å². The molecule has 0 radical (unpaired) electrons. The number of hydrogen-bond acceptors (Lipinski definition) is 0. The van der Waals surface area contributed by atoms with Crippen LogP contribution in [-0.2, 0) is 16.2 Å². The molecule has 0 saturated carbocycles. The quantitative estimate of drug-likeness (QED) is 0.105. The molecular formula is C111H112. The van der Waals surface area contributed by atoms with Crippen molar-refractivity contribution < 1.29 is 0 Å². The lowest BCUT2D eigenvalue weighted by Crippen LogP contribution is -2.14. The van der Waals surface area contributed by atoms with Gasteiger partial charge < -0.3 is 0 Å². The van der Waals surface area contributed by atoms with E-state index in [0.717, 1.165) is 0 Å². The van der Waals surface area contributed by atoms with Gasteiger partial charge in [-0.2, -0.15) is 0 Å². The first kappa shape index (κ1) is 80.3. The van der Waals surface area contributed by atoms with Crippen LogP contribution in [-0.4, -0.2) is 0 Å². The van der Waals surface area contributed by atoms with E-state index in [2.05, 4.69) is 393 Å². The van der Waals surface area contributed by atoms with E-state index in [1.807, 2.05) is 83.1 Å². The molecule has 3 aliphatic carbocycles. The lowest BCUT2D eigenvalue weighted by atomic mass is 9.82. The summed E-state index contributed by atoms with van der Waals surface area (Å²) in [4.78, 5) is 0. The summed E-state index contributed by atoms with van der Waals surface area (Å²) in [5, 5.41) is 27.0. The van der Waals surface area contributed by atoms with Crippen molar-refractivity contribution in [2.24, 2.45) is 0 Å². The third-order valence-corrected chi connectivity index (χ3v) is 21.9. The Kier molecular flexibility index (Phi) is 26.2. The van der Waals surface area contributed by atoms with Crippen LogP contribution in [0.4, 0.5) is 0 Å². The number of hydrogen-bond donors (Lipinski definition) is 0. The molecule has 111 heavy (non-hydrogen) atoms. The fourth-order valence-corrected chi connectivity index (χ4v) is 17.0. The van der Waals surface area contributed by atoms with Crippen molar-refractivity contribution in [3.63, 3.8) is 0 Å². The highest BCUT2D eigenvalue weighted by Gasteiger charge is 2.37. The predicted molar refractivity (Wildman–Crippen MR) is 497 cm³/mol. The average Bonchev–Trinajstić information content (AvgIpc) is 1.71. The molecule has 22 rings (SSSR count). The summed E-state index contributed by atoms with van der Waals surface area (Å²) in [5.41, 5.74) is 17.6. The Labute approximate surface area is 662 Å². The minimum atomic E-state index is 0.160. The van der Waals surface area contributed by atoms with Crippen LogP contribution in [0.5, 0.6) is 0 Å². The second-order valence-electron chi connectivity index (χ2n) is 28.5. The molecule has 0 amide bonds. The van der Waals surface area contributed by atoms with Crippen molar-refractivity contribution >= 4 is 108 Å². The van der Waals surface area contributed by atoms with E-state index in [-0.39, 0.29) is 16.2 Å². The minimum Gasteiger partial charge on any atom is -0.0683 e. The molecule has 3 aliphatic rings. The van der Waals surface area contributed by atoms with Gasteiger partial charge in [0.2, 0.25) is 0 Å². The highest BCUT2D eigenvalue weighted by Crippen LogP contribution is 2.51. The Balaban J connectivity index is 0.000000129. The van der Waals surface area contributed by atoms with E-state index in [0.29, 0.717) is 0 Å². The molecule has 556 valence electrons. The van der Waals surface area contributed by atoms with Crippen LogP contribution in [0, 0.1) is 0 Å². The van der Waals surface area contributed by atoms with Gasteiger partial charge in [0.05, 0.1) is 0 Å². The highest BCUT2D eigenvalue weighted by molar-refractivity contribution is 6.33. The lowest BCUT2D eigenvalue weighted by molar-refractivity contribution is 0.660. The predicted octanol–water partition coefficient (Wildman–Crippen LogP) is 33.6. The first-order valence-electron chi connectivity index (χ1n) is 41.0. The zero-order valence-electron chi connectivity index (χ0n) is 69.0. The van der Waals surface area contributed by atoms with Gasteiger partial charge in [-0.15, -0.1) is 0 Å². The smallest absolute Gasteiger partial charge is 0.0158 e. The summed E-state index contributed by atoms with van der Waals surface area (Å²) < 4.78 is 0. The maximum Gasteiger partial charge on any atom is 0.0158 e. The molecule has 0 N–H and O–H groups in total. The topological polar surface area (TPSA) is 0 Å². The molecule has 0 spiro atoms. The molecule has 0 nitrogen and oxygen atoms in total. The molecule has 0 bridgehead atoms. The number of benzene rings is 19. The number of rotatable bonds is 0. The maximum atomic E-state index is 2.30. The molecule has 0 atom stereocenters. The zero-order valence-corrected chi connectivity index (χ0v) is 69.0. The monoisotopic (exact) mass is 1440 g/mol. The lowest BCUT2D eigenvalue weighted by Gasteiger charge is -2.20. The van der Waals surface area contributed by atoms with Crippen LogP contribution in [0.1, 0.15) is 158 Å². The van der Waals surface area contributed by atoms with Crippen molar-refractivity contribution in [3.8, 4) is 33.4 Å². The van der Waals surface area contributed by atoms with Gasteiger partial charge in [0.25, 0.3) is 0 Å². The van der Waals surface area contributed by atoms with Crippen molar-refractivity contribution in [2.75, 3.05) is 0 Å². The Morgan fingerprint density at radius 3 is 0.523 bits per heavy atom. The van der Waals surface area contributed by atoms with E-state index < -0.39 is 0 Å². The normalized spacial score (nSPS) is 12.5. The van der Waals surface area contributed by atoms with Crippen LogP contribution in [0.15, 0.2) is 352 Å². The van der Waals surface area contributed by atoms with E-state index in [1.54, 1.807) is 0 Å².